The normalized spacial score (nSPS) is 17.8. The van der Waals surface area contributed by atoms with E-state index in [0.29, 0.717) is 30.9 Å². The predicted molar refractivity (Wildman–Crippen MR) is 99.1 cm³/mol. The van der Waals surface area contributed by atoms with E-state index in [1.165, 1.54) is 16.4 Å². The molecule has 0 bridgehead atoms. The van der Waals surface area contributed by atoms with Gasteiger partial charge < -0.3 is 20.3 Å². The number of piperazine rings is 1. The average molecular weight is 396 g/mol. The monoisotopic (exact) mass is 396 g/mol. The second-order valence-corrected chi connectivity index (χ2v) is 8.42. The molecule has 0 radical (unpaired) electrons. The highest BCUT2D eigenvalue weighted by molar-refractivity contribution is 7.89. The molecule has 2 heterocycles. The highest BCUT2D eigenvalue weighted by atomic mass is 32.2. The maximum absolute atomic E-state index is 12.9. The molecule has 0 spiro atoms. The van der Waals surface area contributed by atoms with Gasteiger partial charge in [0.15, 0.2) is 6.61 Å². The van der Waals surface area contributed by atoms with Gasteiger partial charge in [0.25, 0.3) is 5.91 Å². The van der Waals surface area contributed by atoms with Gasteiger partial charge in [-0.1, -0.05) is 0 Å². The fourth-order valence-electron chi connectivity index (χ4n) is 3.12. The lowest BCUT2D eigenvalue weighted by molar-refractivity contribution is -0.132. The Labute approximate surface area is 158 Å². The summed E-state index contributed by atoms with van der Waals surface area (Å²) in [7, 11) is -1.86. The first-order valence-electron chi connectivity index (χ1n) is 8.91. The Bertz CT molecular complexity index is 819. The van der Waals surface area contributed by atoms with Crippen LogP contribution in [0.15, 0.2) is 23.1 Å². The van der Waals surface area contributed by atoms with Crippen molar-refractivity contribution < 1.29 is 22.7 Å². The molecule has 1 aromatic carbocycles. The predicted octanol–water partition coefficient (Wildman–Crippen LogP) is -0.150. The zero-order chi connectivity index (χ0) is 19.4. The van der Waals surface area contributed by atoms with Gasteiger partial charge in [0, 0.05) is 32.6 Å². The van der Waals surface area contributed by atoms with E-state index in [9.17, 15) is 18.0 Å². The Morgan fingerprint density at radius 3 is 2.70 bits per heavy atom. The number of ether oxygens (including phenoxy) is 1. The number of nitrogens with one attached hydrogen (secondary N) is 2. The van der Waals surface area contributed by atoms with E-state index in [2.05, 4.69) is 10.6 Å². The third-order valence-corrected chi connectivity index (χ3v) is 6.53. The van der Waals surface area contributed by atoms with Crippen molar-refractivity contribution in [3.05, 3.63) is 18.2 Å². The van der Waals surface area contributed by atoms with E-state index in [1.807, 2.05) is 7.05 Å². The summed E-state index contributed by atoms with van der Waals surface area (Å²) >= 11 is 0. The lowest BCUT2D eigenvalue weighted by Gasteiger charge is -2.34. The minimum atomic E-state index is -3.70. The molecule has 1 saturated heterocycles. The zero-order valence-electron chi connectivity index (χ0n) is 15.2. The summed E-state index contributed by atoms with van der Waals surface area (Å²) in [6, 6.07) is 4.43. The molecule has 2 N–H and O–H groups in total. The molecule has 0 saturated carbocycles. The second kappa shape index (κ2) is 8.24. The van der Waals surface area contributed by atoms with Gasteiger partial charge in [0.1, 0.15) is 5.75 Å². The number of hydrogen-bond acceptors (Lipinski definition) is 6. The van der Waals surface area contributed by atoms with Crippen molar-refractivity contribution in [2.24, 2.45) is 0 Å². The van der Waals surface area contributed by atoms with Crippen LogP contribution in [0, 0.1) is 0 Å². The van der Waals surface area contributed by atoms with E-state index in [4.69, 9.17) is 4.74 Å². The number of carbonyl (C=O) groups is 2. The molecule has 0 aliphatic carbocycles. The van der Waals surface area contributed by atoms with Gasteiger partial charge in [-0.2, -0.15) is 4.31 Å². The molecular weight excluding hydrogens is 372 g/mol. The Morgan fingerprint density at radius 2 is 2.00 bits per heavy atom. The standard InChI is InChI=1S/C17H24N4O5S/c1-18-6-2-3-17(23)20-7-9-21(10-8-20)27(24,25)13-4-5-15-14(11-13)19-16(22)12-26-15/h4-5,11,18H,2-3,6-10,12H2,1H3,(H,19,22). The average Bonchev–Trinajstić information content (AvgIpc) is 2.67. The highest BCUT2D eigenvalue weighted by Crippen LogP contribution is 2.31. The van der Waals surface area contributed by atoms with Crippen molar-refractivity contribution in [3.8, 4) is 5.75 Å². The molecule has 9 nitrogen and oxygen atoms in total. The van der Waals surface area contributed by atoms with E-state index in [1.54, 1.807) is 11.0 Å². The molecule has 0 unspecified atom stereocenters. The van der Waals surface area contributed by atoms with Crippen LogP contribution in [0.3, 0.4) is 0 Å². The summed E-state index contributed by atoms with van der Waals surface area (Å²) in [5, 5.41) is 5.62. The summed E-state index contributed by atoms with van der Waals surface area (Å²) < 4.78 is 32.4. The molecule has 2 amide bonds. The molecule has 0 atom stereocenters. The van der Waals surface area contributed by atoms with E-state index in [-0.39, 0.29) is 36.4 Å². The number of benzene rings is 1. The molecule has 2 aliphatic heterocycles. The topological polar surface area (TPSA) is 108 Å². The molecule has 10 heteroatoms. The van der Waals surface area contributed by atoms with Crippen molar-refractivity contribution in [2.75, 3.05) is 51.7 Å². The summed E-state index contributed by atoms with van der Waals surface area (Å²) in [5.41, 5.74) is 0.352. The molecule has 0 aromatic heterocycles. The third-order valence-electron chi connectivity index (χ3n) is 4.63. The van der Waals surface area contributed by atoms with E-state index in [0.717, 1.165) is 13.0 Å². The van der Waals surface area contributed by atoms with Gasteiger partial charge in [-0.3, -0.25) is 9.59 Å². The lowest BCUT2D eigenvalue weighted by atomic mass is 10.2. The minimum absolute atomic E-state index is 0.0518. The maximum atomic E-state index is 12.9. The van der Waals surface area contributed by atoms with Gasteiger partial charge >= 0.3 is 0 Å². The van der Waals surface area contributed by atoms with Crippen molar-refractivity contribution in [2.45, 2.75) is 17.7 Å². The Morgan fingerprint density at radius 1 is 1.26 bits per heavy atom. The highest BCUT2D eigenvalue weighted by Gasteiger charge is 2.31. The van der Waals surface area contributed by atoms with E-state index >= 15 is 0 Å². The first-order valence-corrected chi connectivity index (χ1v) is 10.3. The van der Waals surface area contributed by atoms with Crippen molar-refractivity contribution in [3.63, 3.8) is 0 Å². The fraction of sp³-hybridized carbons (Fsp3) is 0.529. The van der Waals surface area contributed by atoms with Crippen LogP contribution in [0.2, 0.25) is 0 Å². The van der Waals surface area contributed by atoms with Gasteiger partial charge in [-0.25, -0.2) is 8.42 Å². The number of rotatable bonds is 6. The van der Waals surface area contributed by atoms with Crippen LogP contribution >= 0.6 is 0 Å². The largest absolute Gasteiger partial charge is 0.482 e. The molecule has 1 aromatic rings. The van der Waals surface area contributed by atoms with Crippen LogP contribution < -0.4 is 15.4 Å². The SMILES string of the molecule is CNCCCC(=O)N1CCN(S(=O)(=O)c2ccc3c(c2)NC(=O)CO3)CC1. The van der Waals surface area contributed by atoms with Gasteiger partial charge in [-0.15, -0.1) is 0 Å². The summed E-state index contributed by atoms with van der Waals surface area (Å²) in [5.74, 6) is 0.184. The minimum Gasteiger partial charge on any atom is -0.482 e. The molecule has 148 valence electrons. The molecule has 27 heavy (non-hydrogen) atoms. The molecule has 2 aliphatic rings. The van der Waals surface area contributed by atoms with Crippen molar-refractivity contribution in [1.82, 2.24) is 14.5 Å². The van der Waals surface area contributed by atoms with Gasteiger partial charge in [-0.05, 0) is 38.2 Å². The van der Waals surface area contributed by atoms with Crippen LogP contribution in [0.25, 0.3) is 0 Å². The number of nitrogens with zero attached hydrogens (tertiary/aromatic N) is 2. The number of carbonyl (C=O) groups excluding carboxylic acids is 2. The molecule has 1 fully saturated rings. The fourth-order valence-corrected chi connectivity index (χ4v) is 4.57. The van der Waals surface area contributed by atoms with Gasteiger partial charge in [0.2, 0.25) is 15.9 Å². The van der Waals surface area contributed by atoms with Crippen LogP contribution in [0.5, 0.6) is 5.75 Å². The van der Waals surface area contributed by atoms with Crippen LogP contribution in [0.4, 0.5) is 5.69 Å². The second-order valence-electron chi connectivity index (χ2n) is 6.49. The molecular formula is C17H24N4O5S. The first-order chi connectivity index (χ1) is 12.9. The Balaban J connectivity index is 1.64. The summed E-state index contributed by atoms with van der Waals surface area (Å²) in [4.78, 5) is 25.4. The van der Waals surface area contributed by atoms with Crippen LogP contribution in [-0.4, -0.2) is 75.8 Å². The third kappa shape index (κ3) is 4.40. The van der Waals surface area contributed by atoms with Gasteiger partial charge in [0.05, 0.1) is 10.6 Å². The van der Waals surface area contributed by atoms with E-state index < -0.39 is 10.0 Å². The quantitative estimate of drug-likeness (QED) is 0.648. The number of fused-ring (bicyclic) bond motifs is 1. The number of amides is 2. The number of sulfonamides is 1. The first kappa shape index (κ1) is 19.6. The Kier molecular flexibility index (Phi) is 5.98. The number of hydrogen-bond donors (Lipinski definition) is 2. The maximum Gasteiger partial charge on any atom is 0.262 e. The van der Waals surface area contributed by atoms with Crippen molar-refractivity contribution in [1.29, 1.82) is 0 Å². The number of anilines is 1. The Hall–Kier alpha value is -2.17. The van der Waals surface area contributed by atoms with Crippen LogP contribution in [0.1, 0.15) is 12.8 Å². The smallest absolute Gasteiger partial charge is 0.262 e. The summed E-state index contributed by atoms with van der Waals surface area (Å²) in [6.07, 6.45) is 1.22. The lowest BCUT2D eigenvalue weighted by Crippen LogP contribution is -2.50. The molecule has 3 rings (SSSR count). The summed E-state index contributed by atoms with van der Waals surface area (Å²) in [6.45, 7) is 1.95. The van der Waals surface area contributed by atoms with Crippen molar-refractivity contribution >= 4 is 27.5 Å². The van der Waals surface area contributed by atoms with Crippen LogP contribution in [-0.2, 0) is 19.6 Å². The zero-order valence-corrected chi connectivity index (χ0v) is 16.0.